The van der Waals surface area contributed by atoms with Gasteiger partial charge in [0, 0.05) is 29.2 Å². The number of hydrogen-bond acceptors (Lipinski definition) is 4. The molecule has 0 aliphatic heterocycles. The molecule has 0 saturated carbocycles. The first-order valence-electron chi connectivity index (χ1n) is 14.3. The van der Waals surface area contributed by atoms with E-state index < -0.39 is 0 Å². The topological polar surface area (TPSA) is 87.9 Å². The van der Waals surface area contributed by atoms with Crippen molar-refractivity contribution in [2.75, 3.05) is 5.32 Å². The van der Waals surface area contributed by atoms with E-state index in [-0.39, 0.29) is 5.78 Å². The maximum atomic E-state index is 11.1. The fraction of sp³-hybridized carbons (Fsp3) is 0.441. The van der Waals surface area contributed by atoms with Crippen LogP contribution in [0.4, 0.5) is 5.69 Å². The lowest BCUT2D eigenvalue weighted by atomic mass is 10.2. The second kappa shape index (κ2) is 42.4. The van der Waals surface area contributed by atoms with Gasteiger partial charge in [-0.05, 0) is 58.0 Å². The van der Waals surface area contributed by atoms with E-state index in [1.54, 1.807) is 48.8 Å². The number of aldehydes is 1. The highest BCUT2D eigenvalue weighted by molar-refractivity contribution is 5.95. The molecule has 0 spiro atoms. The molecule has 1 aromatic carbocycles. The quantitative estimate of drug-likeness (QED) is 0.189. The summed E-state index contributed by atoms with van der Waals surface area (Å²) < 4.78 is 1.84. The van der Waals surface area contributed by atoms with Crippen LogP contribution in [0.3, 0.4) is 0 Å². The van der Waals surface area contributed by atoms with E-state index >= 15 is 0 Å². The summed E-state index contributed by atoms with van der Waals surface area (Å²) in [6, 6.07) is 12.5. The van der Waals surface area contributed by atoms with Crippen molar-refractivity contribution in [3.05, 3.63) is 78.6 Å². The van der Waals surface area contributed by atoms with Crippen LogP contribution in [-0.4, -0.2) is 28.0 Å². The number of phenolic OH excluding ortho intramolecular Hbond substituents is 1. The number of anilines is 1. The first-order chi connectivity index (χ1) is 19.2. The van der Waals surface area contributed by atoms with Gasteiger partial charge < -0.3 is 19.6 Å². The number of pyridine rings is 1. The normalized spacial score (nSPS) is 7.35. The molecular weight excluding hydrogens is 500 g/mol. The van der Waals surface area contributed by atoms with Crippen LogP contribution in [-0.2, 0) is 9.59 Å². The van der Waals surface area contributed by atoms with Gasteiger partial charge in [-0.3, -0.25) is 9.59 Å². The van der Waals surface area contributed by atoms with Crippen molar-refractivity contribution in [1.29, 1.82) is 0 Å². The van der Waals surface area contributed by atoms with Gasteiger partial charge in [-0.25, -0.2) is 0 Å². The maximum absolute atomic E-state index is 11.1. The number of carbonyl (C=O) groups is 3. The van der Waals surface area contributed by atoms with Crippen LogP contribution < -0.4 is 5.32 Å². The monoisotopic (exact) mass is 560 g/mol. The van der Waals surface area contributed by atoms with Gasteiger partial charge in [0.25, 0.3) is 0 Å². The van der Waals surface area contributed by atoms with Crippen LogP contribution in [0.25, 0.3) is 5.52 Å². The van der Waals surface area contributed by atoms with Crippen LogP contribution in [0, 0.1) is 6.92 Å². The van der Waals surface area contributed by atoms with E-state index in [4.69, 9.17) is 9.90 Å². The number of fused-ring (bicyclic) bond motifs is 1. The van der Waals surface area contributed by atoms with E-state index in [0.717, 1.165) is 11.8 Å². The average Bonchev–Trinajstić information content (AvgIpc) is 3.41. The number of allylic oxidation sites excluding steroid dienone is 1. The zero-order chi connectivity index (χ0) is 32.9. The third-order valence-electron chi connectivity index (χ3n) is 3.26. The molecule has 2 heterocycles. The van der Waals surface area contributed by atoms with Crippen molar-refractivity contribution < 1.29 is 19.5 Å². The smallest absolute Gasteiger partial charge is 0.211 e. The third-order valence-corrected chi connectivity index (χ3v) is 3.26. The zero-order valence-corrected chi connectivity index (χ0v) is 28.0. The summed E-state index contributed by atoms with van der Waals surface area (Å²) in [5, 5.41) is 11.3. The molecule has 0 unspecified atom stereocenters. The minimum Gasteiger partial charge on any atom is -0.508 e. The van der Waals surface area contributed by atoms with Crippen LogP contribution >= 0.6 is 0 Å². The standard InChI is InChI=1S/C11H10N2O2.C7H8O.C3H8.C3H6.C2H4O.4C2H6/c1-8(15)9-4-11-5-10(12-7-14)2-3-13(11)6-9;1-6-2-4-7(8)5-3-6;2*1-3-2;1-2-3;4*1-2/h2-7H,1H3,(H,12,14);2-5,8H,1H3;3H2,1-2H3;3H,1H2,2H3;2H,1H3;4*1-2H3. The zero-order valence-electron chi connectivity index (χ0n) is 28.0. The minimum absolute atomic E-state index is 0.0311. The van der Waals surface area contributed by atoms with E-state index in [2.05, 4.69) is 25.7 Å². The molecule has 0 bridgehead atoms. The number of aromatic nitrogens is 1. The molecule has 3 aromatic rings. The molecule has 0 fully saturated rings. The van der Waals surface area contributed by atoms with E-state index in [1.165, 1.54) is 25.8 Å². The Morgan fingerprint density at radius 1 is 0.900 bits per heavy atom. The molecule has 2 aromatic heterocycles. The molecule has 0 aliphatic carbocycles. The molecule has 6 heteroatoms. The molecule has 230 valence electrons. The van der Waals surface area contributed by atoms with Gasteiger partial charge in [0.1, 0.15) is 12.0 Å². The molecule has 0 saturated heterocycles. The summed E-state index contributed by atoms with van der Waals surface area (Å²) in [5.41, 5.74) is 3.43. The van der Waals surface area contributed by atoms with Crippen LogP contribution in [0.2, 0.25) is 0 Å². The van der Waals surface area contributed by atoms with E-state index in [0.29, 0.717) is 23.4 Å². The molecule has 2 N–H and O–H groups in total. The Hall–Kier alpha value is -3.67. The Morgan fingerprint density at radius 3 is 1.62 bits per heavy atom. The van der Waals surface area contributed by atoms with Crippen molar-refractivity contribution in [3.63, 3.8) is 0 Å². The molecule has 40 heavy (non-hydrogen) atoms. The average molecular weight is 561 g/mol. The van der Waals surface area contributed by atoms with E-state index in [9.17, 15) is 9.59 Å². The number of phenols is 1. The Morgan fingerprint density at radius 2 is 1.30 bits per heavy atom. The highest BCUT2D eigenvalue weighted by Crippen LogP contribution is 2.15. The number of aromatic hydroxyl groups is 1. The fourth-order valence-corrected chi connectivity index (χ4v) is 2.00. The van der Waals surface area contributed by atoms with Crippen molar-refractivity contribution in [2.45, 2.75) is 103 Å². The first kappa shape index (κ1) is 49.3. The molecule has 0 radical (unpaired) electrons. The number of benzene rings is 1. The third kappa shape index (κ3) is 32.4. The van der Waals surface area contributed by atoms with Crippen LogP contribution in [0.5, 0.6) is 5.75 Å². The Bertz CT molecular complexity index is 904. The van der Waals surface area contributed by atoms with Gasteiger partial charge in [0.15, 0.2) is 5.78 Å². The van der Waals surface area contributed by atoms with Crippen LogP contribution in [0.15, 0.2) is 67.5 Å². The lowest BCUT2D eigenvalue weighted by Gasteiger charge is -1.98. The Kier molecular flexibility index (Phi) is 52.3. The lowest BCUT2D eigenvalue weighted by molar-refractivity contribution is -0.106. The summed E-state index contributed by atoms with van der Waals surface area (Å²) in [6.45, 7) is 30.5. The number of hydrogen-bond donors (Lipinski definition) is 2. The predicted octanol–water partition coefficient (Wildman–Crippen LogP) is 10.3. The minimum atomic E-state index is 0.0311. The van der Waals surface area contributed by atoms with Crippen molar-refractivity contribution in [3.8, 4) is 5.75 Å². The number of nitrogens with zero attached hydrogens (tertiary/aromatic N) is 1. The van der Waals surface area contributed by atoms with Crippen molar-refractivity contribution >= 4 is 29.7 Å². The predicted molar refractivity (Wildman–Crippen MR) is 179 cm³/mol. The van der Waals surface area contributed by atoms with Gasteiger partial charge in [0.2, 0.25) is 6.41 Å². The van der Waals surface area contributed by atoms with Gasteiger partial charge in [-0.1, -0.05) is 99.4 Å². The number of carbonyl (C=O) groups excluding carboxylic acids is 3. The number of ketones is 1. The summed E-state index contributed by atoms with van der Waals surface area (Å²) in [7, 11) is 0. The molecule has 6 nitrogen and oxygen atoms in total. The second-order valence-corrected chi connectivity index (χ2v) is 6.48. The number of aryl methyl sites for hydroxylation is 1. The molecule has 0 aliphatic rings. The van der Waals surface area contributed by atoms with Gasteiger partial charge in [0.05, 0.1) is 0 Å². The number of amides is 1. The van der Waals surface area contributed by atoms with Gasteiger partial charge in [-0.15, -0.1) is 6.58 Å². The first-order valence-corrected chi connectivity index (χ1v) is 14.3. The molecule has 3 rings (SSSR count). The molecular formula is C34H60N2O4. The highest BCUT2D eigenvalue weighted by atomic mass is 16.3. The highest BCUT2D eigenvalue weighted by Gasteiger charge is 2.03. The van der Waals surface area contributed by atoms with Gasteiger partial charge >= 0.3 is 0 Å². The summed E-state index contributed by atoms with van der Waals surface area (Å²) in [6.07, 6.45) is 7.94. The maximum Gasteiger partial charge on any atom is 0.211 e. The summed E-state index contributed by atoms with van der Waals surface area (Å²) in [5.74, 6) is 0.360. The van der Waals surface area contributed by atoms with Crippen molar-refractivity contribution in [1.82, 2.24) is 4.40 Å². The van der Waals surface area contributed by atoms with Crippen LogP contribution in [0.1, 0.15) is 112 Å². The Balaban J connectivity index is -0.0000000984. The molecule has 0 atom stereocenters. The SMILES string of the molecule is C=CC.CC.CC.CC.CC.CC(=O)c1cc2cc(NC=O)ccn2c1.CC=O.CCC.Cc1ccc(O)cc1. The van der Waals surface area contributed by atoms with E-state index in [1.807, 2.05) is 85.8 Å². The number of Topliss-reactive ketones (excluding diaryl/α,β-unsaturated/α-hetero) is 1. The number of nitrogens with one attached hydrogen (secondary N) is 1. The fourth-order valence-electron chi connectivity index (χ4n) is 2.00. The van der Waals surface area contributed by atoms with Crippen molar-refractivity contribution in [2.24, 2.45) is 0 Å². The number of rotatable bonds is 3. The second-order valence-electron chi connectivity index (χ2n) is 6.48. The molecule has 1 amide bonds. The van der Waals surface area contributed by atoms with Gasteiger partial charge in [-0.2, -0.15) is 0 Å². The summed E-state index contributed by atoms with van der Waals surface area (Å²) >= 11 is 0. The summed E-state index contributed by atoms with van der Waals surface area (Å²) in [4.78, 5) is 30.2. The largest absolute Gasteiger partial charge is 0.508 e. The Labute approximate surface area is 246 Å². The lowest BCUT2D eigenvalue weighted by Crippen LogP contribution is -1.94.